The lowest BCUT2D eigenvalue weighted by Gasteiger charge is -2.21. The molecule has 0 aliphatic heterocycles. The second-order valence-electron chi connectivity index (χ2n) is 2.76. The van der Waals surface area contributed by atoms with Crippen molar-refractivity contribution in [3.05, 3.63) is 12.7 Å². The molecular weight excluding hydrogens is 405 g/mol. The minimum Gasteiger partial charge on any atom is -1.00 e. The molecule has 0 aromatic rings. The van der Waals surface area contributed by atoms with Crippen molar-refractivity contribution in [1.82, 2.24) is 0 Å². The first-order valence-electron chi connectivity index (χ1n) is 2.47. The normalized spacial score (nSPS) is 4.94. The topological polar surface area (TPSA) is 0 Å². The van der Waals surface area contributed by atoms with Crippen molar-refractivity contribution in [2.45, 2.75) is 0 Å². The highest BCUT2D eigenvalue weighted by atomic mass is 35.5. The predicted molar refractivity (Wildman–Crippen MR) is 91.1 cm³/mol. The van der Waals surface area contributed by atoms with Crippen LogP contribution in [0.5, 0.6) is 0 Å². The third kappa shape index (κ3) is 96.0. The van der Waals surface area contributed by atoms with E-state index < -0.39 is 0 Å². The van der Waals surface area contributed by atoms with Crippen molar-refractivity contribution in [1.29, 1.82) is 0 Å². The molecule has 16 heavy (non-hydrogen) atoms. The zero-order valence-corrected chi connectivity index (χ0v) is 16.4. The Hall–Kier alpha value is 2.31. The fourth-order valence-corrected chi connectivity index (χ4v) is 0.387. The molecular formula is C6H22Cl9N. The van der Waals surface area contributed by atoms with E-state index >= 15 is 0 Å². The van der Waals surface area contributed by atoms with E-state index in [9.17, 15) is 0 Å². The summed E-state index contributed by atoms with van der Waals surface area (Å²) in [7, 11) is 6.42. The zero-order valence-electron chi connectivity index (χ0n) is 9.08. The highest BCUT2D eigenvalue weighted by Gasteiger charge is 1.99. The second-order valence-corrected chi connectivity index (χ2v) is 2.76. The van der Waals surface area contributed by atoms with Crippen LogP contribution in [0.4, 0.5) is 0 Å². The maximum absolute atomic E-state index is 3.63. The fraction of sp³-hybridized carbons (Fsp3) is 0.667. The molecule has 0 saturated heterocycles. The summed E-state index contributed by atoms with van der Waals surface area (Å²) in [5, 5.41) is 0. The van der Waals surface area contributed by atoms with Gasteiger partial charge in [0.15, 0.2) is 0 Å². The molecule has 0 saturated carbocycles. The standard InChI is InChI=1S/C6H14N.9ClH/c1-5-6-7(2,3)4;;;;;;;;;/h5H,1,6H2,2-4H3;9*1H/q+1;;;;;;;;;/p-1. The van der Waals surface area contributed by atoms with Gasteiger partial charge in [-0.2, -0.15) is 0 Å². The zero-order chi connectivity index (χ0) is 5.91. The van der Waals surface area contributed by atoms with Crippen LogP contribution in [0.2, 0.25) is 0 Å². The Morgan fingerprint density at radius 3 is 0.938 bits per heavy atom. The monoisotopic (exact) mass is 423 g/mol. The number of hydrogen-bond acceptors (Lipinski definition) is 0. The molecule has 0 spiro atoms. The highest BCUT2D eigenvalue weighted by Crippen LogP contribution is 1.86. The van der Waals surface area contributed by atoms with Gasteiger partial charge in [-0.15, -0.1) is 99.3 Å². The Morgan fingerprint density at radius 2 is 0.938 bits per heavy atom. The number of quaternary nitrogens is 1. The lowest BCUT2D eigenvalue weighted by Crippen LogP contribution is -3.00. The van der Waals surface area contributed by atoms with E-state index in [-0.39, 0.29) is 112 Å². The first-order chi connectivity index (χ1) is 3.06. The minimum absolute atomic E-state index is 0. The van der Waals surface area contributed by atoms with Gasteiger partial charge in [-0.3, -0.25) is 0 Å². The lowest BCUT2D eigenvalue weighted by molar-refractivity contribution is -0.864. The third-order valence-corrected chi connectivity index (χ3v) is 0.677. The largest absolute Gasteiger partial charge is 1.00 e. The SMILES string of the molecule is C=CC[N+](C)(C)C.Cl.Cl.Cl.Cl.Cl.Cl.Cl.Cl.[Cl-]. The summed E-state index contributed by atoms with van der Waals surface area (Å²) < 4.78 is 0.976. The maximum Gasteiger partial charge on any atom is 0.0964 e. The molecule has 0 radical (unpaired) electrons. The van der Waals surface area contributed by atoms with Crippen LogP contribution in [-0.2, 0) is 0 Å². The van der Waals surface area contributed by atoms with Crippen LogP contribution < -0.4 is 12.4 Å². The van der Waals surface area contributed by atoms with Gasteiger partial charge in [0.25, 0.3) is 0 Å². The van der Waals surface area contributed by atoms with Crippen LogP contribution in [0.15, 0.2) is 12.7 Å². The van der Waals surface area contributed by atoms with Gasteiger partial charge in [0, 0.05) is 0 Å². The number of nitrogens with zero attached hydrogens (tertiary/aromatic N) is 1. The summed E-state index contributed by atoms with van der Waals surface area (Å²) in [6, 6.07) is 0. The molecule has 114 valence electrons. The van der Waals surface area contributed by atoms with Crippen molar-refractivity contribution in [2.24, 2.45) is 0 Å². The molecule has 0 heterocycles. The van der Waals surface area contributed by atoms with Gasteiger partial charge >= 0.3 is 0 Å². The van der Waals surface area contributed by atoms with Crippen molar-refractivity contribution in [2.75, 3.05) is 27.7 Å². The molecule has 0 N–H and O–H groups in total. The maximum atomic E-state index is 3.63. The van der Waals surface area contributed by atoms with Gasteiger partial charge in [-0.25, -0.2) is 0 Å². The van der Waals surface area contributed by atoms with E-state index in [4.69, 9.17) is 0 Å². The molecule has 0 amide bonds. The summed E-state index contributed by atoms with van der Waals surface area (Å²) in [6.45, 7) is 4.67. The predicted octanol–water partition coefficient (Wildman–Crippen LogP) is 1.26. The van der Waals surface area contributed by atoms with Crippen LogP contribution in [0.25, 0.3) is 0 Å². The van der Waals surface area contributed by atoms with Crippen LogP contribution in [0, 0.1) is 0 Å². The molecule has 0 fully saturated rings. The van der Waals surface area contributed by atoms with E-state index in [0.29, 0.717) is 0 Å². The quantitative estimate of drug-likeness (QED) is 0.460. The summed E-state index contributed by atoms with van der Waals surface area (Å²) in [5.74, 6) is 0. The first kappa shape index (κ1) is 79.4. The Kier molecular flexibility index (Phi) is 215. The van der Waals surface area contributed by atoms with Crippen LogP contribution >= 0.6 is 99.3 Å². The molecule has 0 atom stereocenters. The fourth-order valence-electron chi connectivity index (χ4n) is 0.387. The summed E-state index contributed by atoms with van der Waals surface area (Å²) in [4.78, 5) is 0. The average Bonchev–Trinajstić information content (AvgIpc) is 1.30. The summed E-state index contributed by atoms with van der Waals surface area (Å²) >= 11 is 0. The van der Waals surface area contributed by atoms with Gasteiger partial charge in [0.05, 0.1) is 27.7 Å². The second kappa shape index (κ2) is 43.3. The molecule has 0 aliphatic rings. The molecule has 0 rings (SSSR count). The summed E-state index contributed by atoms with van der Waals surface area (Å²) in [6.07, 6.45) is 1.93. The van der Waals surface area contributed by atoms with Crippen LogP contribution in [-0.4, -0.2) is 32.2 Å². The minimum atomic E-state index is 0. The molecule has 1 nitrogen and oxygen atoms in total. The van der Waals surface area contributed by atoms with Gasteiger partial charge < -0.3 is 16.9 Å². The van der Waals surface area contributed by atoms with Crippen molar-refractivity contribution in [3.8, 4) is 0 Å². The van der Waals surface area contributed by atoms with Crippen molar-refractivity contribution < 1.29 is 16.9 Å². The Labute approximate surface area is 155 Å². The third-order valence-electron chi connectivity index (χ3n) is 0.677. The number of halogens is 9. The van der Waals surface area contributed by atoms with Crippen molar-refractivity contribution in [3.63, 3.8) is 0 Å². The van der Waals surface area contributed by atoms with Gasteiger partial charge in [0.1, 0.15) is 0 Å². The van der Waals surface area contributed by atoms with Gasteiger partial charge in [0.2, 0.25) is 0 Å². The molecule has 0 aliphatic carbocycles. The molecule has 0 aromatic heterocycles. The van der Waals surface area contributed by atoms with E-state index in [1.807, 2.05) is 6.08 Å². The number of hydrogen-bond donors (Lipinski definition) is 0. The first-order valence-corrected chi connectivity index (χ1v) is 2.47. The lowest BCUT2D eigenvalue weighted by atomic mass is 10.5. The van der Waals surface area contributed by atoms with Crippen LogP contribution in [0.3, 0.4) is 0 Å². The molecule has 10 heteroatoms. The van der Waals surface area contributed by atoms with Gasteiger partial charge in [-0.05, 0) is 6.08 Å². The highest BCUT2D eigenvalue weighted by molar-refractivity contribution is 5.86. The van der Waals surface area contributed by atoms with E-state index in [2.05, 4.69) is 27.7 Å². The number of rotatable bonds is 2. The van der Waals surface area contributed by atoms with E-state index in [0.717, 1.165) is 11.0 Å². The molecule has 0 bridgehead atoms. The van der Waals surface area contributed by atoms with E-state index in [1.165, 1.54) is 0 Å². The van der Waals surface area contributed by atoms with E-state index in [1.54, 1.807) is 0 Å². The van der Waals surface area contributed by atoms with Gasteiger partial charge in [-0.1, -0.05) is 6.58 Å². The average molecular weight is 427 g/mol. The van der Waals surface area contributed by atoms with Crippen molar-refractivity contribution >= 4 is 99.3 Å². The van der Waals surface area contributed by atoms with Crippen LogP contribution in [0.1, 0.15) is 0 Å². The summed E-state index contributed by atoms with van der Waals surface area (Å²) in [5.41, 5.74) is 0. The smallest absolute Gasteiger partial charge is 0.0964 e. The molecule has 0 unspecified atom stereocenters. The number of likely N-dealkylation sites (N-methyl/N-ethyl adjacent to an activating group) is 1. The Balaban J connectivity index is -0.00000000500. The Morgan fingerprint density at radius 1 is 0.750 bits per heavy atom. The molecule has 0 aromatic carbocycles. The Bertz CT molecular complexity index is 74.9.